The fourth-order valence-corrected chi connectivity index (χ4v) is 4.78. The number of nitrogens with one attached hydrogen (secondary N) is 1. The minimum atomic E-state index is -1.18. The highest BCUT2D eigenvalue weighted by atomic mass is 32.1. The lowest BCUT2D eigenvalue weighted by Crippen LogP contribution is -2.44. The van der Waals surface area contributed by atoms with Crippen molar-refractivity contribution in [1.82, 2.24) is 9.69 Å². The number of hydrogen-bond donors (Lipinski definition) is 3. The maximum Gasteiger partial charge on any atom is 0.273 e. The molecule has 2 aromatic carbocycles. The Bertz CT molecular complexity index is 1460. The number of primary amides is 1. The molecular formula is C27H27N5O4S. The third-order valence-electron chi connectivity index (χ3n) is 5.83. The molecule has 4 rings (SSSR count). The molecule has 0 radical (unpaired) electrons. The van der Waals surface area contributed by atoms with E-state index in [1.165, 1.54) is 4.90 Å². The minimum Gasteiger partial charge on any atom is -0.464 e. The van der Waals surface area contributed by atoms with Gasteiger partial charge in [-0.3, -0.25) is 19.3 Å². The third kappa shape index (κ3) is 5.39. The van der Waals surface area contributed by atoms with E-state index in [1.807, 2.05) is 56.3 Å². The van der Waals surface area contributed by atoms with Gasteiger partial charge in [-0.25, -0.2) is 0 Å². The molecule has 0 saturated heterocycles. The summed E-state index contributed by atoms with van der Waals surface area (Å²) in [5.41, 5.74) is 14.3. The van der Waals surface area contributed by atoms with Crippen LogP contribution in [0.2, 0.25) is 0 Å². The second kappa shape index (κ2) is 10.7. The highest BCUT2D eigenvalue weighted by Crippen LogP contribution is 2.35. The average molecular weight is 518 g/mol. The van der Waals surface area contributed by atoms with Crippen LogP contribution < -0.4 is 21.7 Å². The predicted octanol–water partition coefficient (Wildman–Crippen LogP) is 4.05. The number of nitrogens with two attached hydrogens (primary N) is 2. The largest absolute Gasteiger partial charge is 0.464 e. The molecule has 3 amide bonds. The molecule has 9 nitrogen and oxygen atoms in total. The van der Waals surface area contributed by atoms with Crippen LogP contribution in [0.15, 0.2) is 65.1 Å². The molecule has 2 heterocycles. The maximum absolute atomic E-state index is 14.1. The van der Waals surface area contributed by atoms with Crippen molar-refractivity contribution >= 4 is 40.6 Å². The number of hydrogen-bond acceptors (Lipinski definition) is 7. The van der Waals surface area contributed by atoms with Gasteiger partial charge in [-0.05, 0) is 61.6 Å². The van der Waals surface area contributed by atoms with E-state index in [9.17, 15) is 14.4 Å². The fourth-order valence-electron chi connectivity index (χ4n) is 4.04. The van der Waals surface area contributed by atoms with Crippen molar-refractivity contribution < 1.29 is 18.8 Å². The lowest BCUT2D eigenvalue weighted by molar-refractivity contribution is -0.123. The molecule has 0 spiro atoms. The first-order valence-electron chi connectivity index (χ1n) is 11.5. The van der Waals surface area contributed by atoms with Crippen molar-refractivity contribution in [2.45, 2.75) is 33.4 Å². The topological polar surface area (TPSA) is 145 Å². The fraction of sp³-hybridized carbons (Fsp3) is 0.185. The Balaban J connectivity index is 1.84. The number of aromatic nitrogens is 1. The van der Waals surface area contributed by atoms with Crippen molar-refractivity contribution in [2.24, 2.45) is 5.73 Å². The number of nitrogen functional groups attached to an aromatic ring is 1. The summed E-state index contributed by atoms with van der Waals surface area (Å²) in [4.78, 5) is 40.9. The van der Waals surface area contributed by atoms with E-state index in [2.05, 4.69) is 9.69 Å². The van der Waals surface area contributed by atoms with Crippen LogP contribution in [0.5, 0.6) is 0 Å². The highest BCUT2D eigenvalue weighted by Gasteiger charge is 2.38. The SMILES string of the molecule is Cc1ccc(N(C(=O)c2snc(C(N)=O)c2N)[C@H](C(=O)NCc2ccccc2)c2ccc(C)o2)c(C)c1. The van der Waals surface area contributed by atoms with E-state index in [1.54, 1.807) is 25.1 Å². The highest BCUT2D eigenvalue weighted by molar-refractivity contribution is 7.09. The molecule has 0 fully saturated rings. The molecule has 1 atom stereocenters. The zero-order valence-electron chi connectivity index (χ0n) is 20.6. The molecule has 190 valence electrons. The van der Waals surface area contributed by atoms with Gasteiger partial charge in [0.15, 0.2) is 11.7 Å². The Morgan fingerprint density at radius 1 is 1.05 bits per heavy atom. The van der Waals surface area contributed by atoms with Gasteiger partial charge in [0.1, 0.15) is 16.4 Å². The van der Waals surface area contributed by atoms with Gasteiger partial charge in [0.25, 0.3) is 17.7 Å². The molecule has 10 heteroatoms. The van der Waals surface area contributed by atoms with E-state index in [4.69, 9.17) is 15.9 Å². The lowest BCUT2D eigenvalue weighted by atomic mass is 10.0. The Morgan fingerprint density at radius 3 is 2.38 bits per heavy atom. The minimum absolute atomic E-state index is 0.00193. The normalized spacial score (nSPS) is 11.6. The van der Waals surface area contributed by atoms with Crippen LogP contribution in [-0.4, -0.2) is 22.1 Å². The standard InChI is InChI=1S/C27H27N5O4S/c1-15-9-11-19(16(2)13-15)32(27(35)24-21(28)22(25(29)33)31-37-24)23(20-12-10-17(3)36-20)26(34)30-14-18-7-5-4-6-8-18/h4-13,23H,14,28H2,1-3H3,(H2,29,33)(H,30,34)/t23-/m0/s1. The number of anilines is 2. The first-order valence-corrected chi connectivity index (χ1v) is 12.3. The molecule has 0 aliphatic rings. The zero-order chi connectivity index (χ0) is 26.7. The summed E-state index contributed by atoms with van der Waals surface area (Å²) < 4.78 is 9.85. The summed E-state index contributed by atoms with van der Waals surface area (Å²) in [6.45, 7) is 5.79. The Kier molecular flexibility index (Phi) is 7.40. The van der Waals surface area contributed by atoms with Gasteiger partial charge in [0.05, 0.1) is 5.69 Å². The van der Waals surface area contributed by atoms with Gasteiger partial charge < -0.3 is 21.2 Å². The zero-order valence-corrected chi connectivity index (χ0v) is 21.5. The van der Waals surface area contributed by atoms with Gasteiger partial charge in [-0.2, -0.15) is 4.37 Å². The molecule has 5 N–H and O–H groups in total. The van der Waals surface area contributed by atoms with Gasteiger partial charge >= 0.3 is 0 Å². The molecule has 4 aromatic rings. The van der Waals surface area contributed by atoms with Crippen LogP contribution in [-0.2, 0) is 11.3 Å². The molecule has 0 aliphatic carbocycles. The van der Waals surface area contributed by atoms with Gasteiger partial charge in [0, 0.05) is 12.2 Å². The van der Waals surface area contributed by atoms with Crippen LogP contribution in [0.1, 0.15) is 54.4 Å². The van der Waals surface area contributed by atoms with Crippen molar-refractivity contribution in [1.29, 1.82) is 0 Å². The monoisotopic (exact) mass is 517 g/mol. The van der Waals surface area contributed by atoms with Crippen LogP contribution in [0.25, 0.3) is 0 Å². The third-order valence-corrected chi connectivity index (χ3v) is 6.68. The van der Waals surface area contributed by atoms with Crippen molar-refractivity contribution in [2.75, 3.05) is 10.6 Å². The Morgan fingerprint density at radius 2 is 1.78 bits per heavy atom. The van der Waals surface area contributed by atoms with E-state index >= 15 is 0 Å². The van der Waals surface area contributed by atoms with Crippen LogP contribution in [0, 0.1) is 20.8 Å². The Labute approximate surface area is 218 Å². The summed E-state index contributed by atoms with van der Waals surface area (Å²) in [7, 11) is 0. The van der Waals surface area contributed by atoms with Gasteiger partial charge in [-0.15, -0.1) is 0 Å². The molecule has 0 unspecified atom stereocenters. The summed E-state index contributed by atoms with van der Waals surface area (Å²) in [6, 6.07) is 17.2. The first kappa shape index (κ1) is 25.6. The summed E-state index contributed by atoms with van der Waals surface area (Å²) >= 11 is 0.755. The molecular weight excluding hydrogens is 490 g/mol. The predicted molar refractivity (Wildman–Crippen MR) is 142 cm³/mol. The van der Waals surface area contributed by atoms with Gasteiger partial charge in [-0.1, -0.05) is 48.0 Å². The smallest absolute Gasteiger partial charge is 0.273 e. The summed E-state index contributed by atoms with van der Waals surface area (Å²) in [5.74, 6) is -1.05. The average Bonchev–Trinajstić information content (AvgIpc) is 3.47. The molecule has 37 heavy (non-hydrogen) atoms. The van der Waals surface area contributed by atoms with E-state index < -0.39 is 23.8 Å². The lowest BCUT2D eigenvalue weighted by Gasteiger charge is -2.31. The number of benzene rings is 2. The van der Waals surface area contributed by atoms with E-state index in [0.717, 1.165) is 28.2 Å². The second-order valence-electron chi connectivity index (χ2n) is 8.66. The number of aryl methyl sites for hydroxylation is 3. The van der Waals surface area contributed by atoms with E-state index in [-0.39, 0.29) is 28.6 Å². The number of carbonyl (C=O) groups excluding carboxylic acids is 3. The quantitative estimate of drug-likeness (QED) is 0.322. The number of carbonyl (C=O) groups is 3. The second-order valence-corrected chi connectivity index (χ2v) is 9.43. The summed E-state index contributed by atoms with van der Waals surface area (Å²) in [6.07, 6.45) is 0. The number of nitrogens with zero attached hydrogens (tertiary/aromatic N) is 2. The Hall–Kier alpha value is -4.44. The van der Waals surface area contributed by atoms with Crippen molar-refractivity contribution in [3.05, 3.63) is 99.4 Å². The van der Waals surface area contributed by atoms with Crippen LogP contribution in [0.4, 0.5) is 11.4 Å². The number of amides is 3. The molecule has 0 saturated carbocycles. The van der Waals surface area contributed by atoms with Crippen molar-refractivity contribution in [3.8, 4) is 0 Å². The van der Waals surface area contributed by atoms with Crippen LogP contribution in [0.3, 0.4) is 0 Å². The molecule has 0 aliphatic heterocycles. The van der Waals surface area contributed by atoms with Crippen LogP contribution >= 0.6 is 11.5 Å². The number of rotatable bonds is 8. The molecule has 0 bridgehead atoms. The number of furan rings is 1. The van der Waals surface area contributed by atoms with E-state index in [0.29, 0.717) is 11.4 Å². The molecule has 2 aromatic heterocycles. The van der Waals surface area contributed by atoms with Gasteiger partial charge in [0.2, 0.25) is 0 Å². The summed E-state index contributed by atoms with van der Waals surface area (Å²) in [5, 5.41) is 2.92. The van der Waals surface area contributed by atoms with Crippen molar-refractivity contribution in [3.63, 3.8) is 0 Å². The maximum atomic E-state index is 14.1. The first-order chi connectivity index (χ1) is 17.7.